The van der Waals surface area contributed by atoms with Gasteiger partial charge in [0, 0.05) is 12.1 Å². The van der Waals surface area contributed by atoms with Gasteiger partial charge < -0.3 is 10.2 Å². The standard InChI is InChI=1S/C17H30N2O/c1-5-19(12-15-7-6-10-20-15)17(13-18)9-8-16(3,4)11-14(17)2/h6-7,10,14H,5,8-9,11-13,18H2,1-4H3. The molecule has 114 valence electrons. The maximum absolute atomic E-state index is 6.25. The summed E-state index contributed by atoms with van der Waals surface area (Å²) in [7, 11) is 0. The van der Waals surface area contributed by atoms with E-state index >= 15 is 0 Å². The molecule has 2 atom stereocenters. The molecule has 1 heterocycles. The average molecular weight is 278 g/mol. The van der Waals surface area contributed by atoms with Crippen molar-refractivity contribution in [2.75, 3.05) is 13.1 Å². The second kappa shape index (κ2) is 5.90. The van der Waals surface area contributed by atoms with Gasteiger partial charge in [0.15, 0.2) is 0 Å². The minimum Gasteiger partial charge on any atom is -0.468 e. The quantitative estimate of drug-likeness (QED) is 0.894. The van der Waals surface area contributed by atoms with E-state index in [1.165, 1.54) is 19.3 Å². The summed E-state index contributed by atoms with van der Waals surface area (Å²) in [6.45, 7) is 12.0. The first-order valence-corrected chi connectivity index (χ1v) is 7.91. The van der Waals surface area contributed by atoms with Crippen LogP contribution in [0.4, 0.5) is 0 Å². The molecule has 0 amide bonds. The third kappa shape index (κ3) is 2.94. The molecule has 1 aliphatic carbocycles. The van der Waals surface area contributed by atoms with Crippen LogP contribution in [-0.2, 0) is 6.54 Å². The van der Waals surface area contributed by atoms with Gasteiger partial charge in [-0.3, -0.25) is 4.90 Å². The van der Waals surface area contributed by atoms with Gasteiger partial charge in [0.1, 0.15) is 5.76 Å². The van der Waals surface area contributed by atoms with Gasteiger partial charge in [-0.05, 0) is 49.3 Å². The molecule has 3 heteroatoms. The van der Waals surface area contributed by atoms with Gasteiger partial charge in [-0.1, -0.05) is 27.7 Å². The zero-order chi connectivity index (χ0) is 14.8. The molecule has 1 aliphatic rings. The highest BCUT2D eigenvalue weighted by molar-refractivity contribution is 5.05. The molecule has 2 unspecified atom stereocenters. The molecule has 20 heavy (non-hydrogen) atoms. The van der Waals surface area contributed by atoms with Crippen molar-refractivity contribution in [1.29, 1.82) is 0 Å². The second-order valence-electron chi connectivity index (χ2n) is 7.17. The monoisotopic (exact) mass is 278 g/mol. The first kappa shape index (κ1) is 15.6. The number of nitrogens with two attached hydrogens (primary N) is 1. The fourth-order valence-corrected chi connectivity index (χ4v) is 4.00. The van der Waals surface area contributed by atoms with Gasteiger partial charge in [0.25, 0.3) is 0 Å². The van der Waals surface area contributed by atoms with Crippen LogP contribution in [-0.4, -0.2) is 23.5 Å². The van der Waals surface area contributed by atoms with E-state index in [1.807, 2.05) is 6.07 Å². The average Bonchev–Trinajstić information content (AvgIpc) is 2.89. The van der Waals surface area contributed by atoms with Gasteiger partial charge in [-0.15, -0.1) is 0 Å². The summed E-state index contributed by atoms with van der Waals surface area (Å²) in [6.07, 6.45) is 5.44. The molecule has 0 aromatic carbocycles. The topological polar surface area (TPSA) is 42.4 Å². The molecule has 0 saturated heterocycles. The van der Waals surface area contributed by atoms with Gasteiger partial charge >= 0.3 is 0 Å². The number of hydrogen-bond acceptors (Lipinski definition) is 3. The van der Waals surface area contributed by atoms with Crippen molar-refractivity contribution in [2.24, 2.45) is 17.1 Å². The predicted octanol–water partition coefficient (Wildman–Crippen LogP) is 3.65. The Balaban J connectivity index is 2.19. The Morgan fingerprint density at radius 2 is 2.15 bits per heavy atom. The second-order valence-corrected chi connectivity index (χ2v) is 7.17. The van der Waals surface area contributed by atoms with Gasteiger partial charge in [-0.25, -0.2) is 0 Å². The van der Waals surface area contributed by atoms with Crippen LogP contribution < -0.4 is 5.73 Å². The molecule has 1 fully saturated rings. The van der Waals surface area contributed by atoms with E-state index in [1.54, 1.807) is 6.26 Å². The fraction of sp³-hybridized carbons (Fsp3) is 0.765. The Labute approximate surface area is 123 Å². The highest BCUT2D eigenvalue weighted by atomic mass is 16.3. The lowest BCUT2D eigenvalue weighted by Crippen LogP contribution is -2.60. The summed E-state index contributed by atoms with van der Waals surface area (Å²) in [6, 6.07) is 4.02. The van der Waals surface area contributed by atoms with Crippen LogP contribution >= 0.6 is 0 Å². The Kier molecular flexibility index (Phi) is 4.60. The van der Waals surface area contributed by atoms with Crippen molar-refractivity contribution >= 4 is 0 Å². The number of hydrogen-bond donors (Lipinski definition) is 1. The maximum atomic E-state index is 6.25. The van der Waals surface area contributed by atoms with Crippen LogP contribution in [0.3, 0.4) is 0 Å². The summed E-state index contributed by atoms with van der Waals surface area (Å²) in [5, 5.41) is 0. The molecule has 1 aromatic rings. The van der Waals surface area contributed by atoms with E-state index in [9.17, 15) is 0 Å². The van der Waals surface area contributed by atoms with Crippen molar-refractivity contribution in [2.45, 2.75) is 59.0 Å². The molecule has 2 rings (SSSR count). The van der Waals surface area contributed by atoms with E-state index in [4.69, 9.17) is 10.2 Å². The molecule has 0 bridgehead atoms. The Bertz CT molecular complexity index is 413. The molecule has 2 N–H and O–H groups in total. The zero-order valence-electron chi connectivity index (χ0n) is 13.5. The van der Waals surface area contributed by atoms with Crippen molar-refractivity contribution in [1.82, 2.24) is 4.90 Å². The minimum absolute atomic E-state index is 0.122. The Morgan fingerprint density at radius 3 is 2.65 bits per heavy atom. The maximum Gasteiger partial charge on any atom is 0.117 e. The van der Waals surface area contributed by atoms with Crippen LogP contribution in [0.1, 0.15) is 52.7 Å². The van der Waals surface area contributed by atoms with Crippen molar-refractivity contribution in [3.8, 4) is 0 Å². The number of likely N-dealkylation sites (N-methyl/N-ethyl adjacent to an activating group) is 1. The van der Waals surface area contributed by atoms with Crippen molar-refractivity contribution in [3.63, 3.8) is 0 Å². The number of furan rings is 1. The van der Waals surface area contributed by atoms with Crippen LogP contribution in [0.5, 0.6) is 0 Å². The molecule has 0 radical (unpaired) electrons. The van der Waals surface area contributed by atoms with E-state index < -0.39 is 0 Å². The summed E-state index contributed by atoms with van der Waals surface area (Å²) >= 11 is 0. The lowest BCUT2D eigenvalue weighted by Gasteiger charge is -2.53. The molecule has 0 spiro atoms. The van der Waals surface area contributed by atoms with Crippen LogP contribution in [0.25, 0.3) is 0 Å². The van der Waals surface area contributed by atoms with Gasteiger partial charge in [0.2, 0.25) is 0 Å². The third-order valence-electron chi connectivity index (χ3n) is 5.30. The first-order chi connectivity index (χ1) is 9.43. The van der Waals surface area contributed by atoms with Crippen LogP contribution in [0.15, 0.2) is 22.8 Å². The largest absolute Gasteiger partial charge is 0.468 e. The minimum atomic E-state index is 0.122. The molecule has 1 saturated carbocycles. The van der Waals surface area contributed by atoms with E-state index in [0.717, 1.165) is 25.4 Å². The number of nitrogens with zero attached hydrogens (tertiary/aromatic N) is 1. The predicted molar refractivity (Wildman–Crippen MR) is 83.4 cm³/mol. The lowest BCUT2D eigenvalue weighted by atomic mass is 9.63. The summed E-state index contributed by atoms with van der Waals surface area (Å²) in [5.41, 5.74) is 6.82. The summed E-state index contributed by atoms with van der Waals surface area (Å²) < 4.78 is 5.54. The number of rotatable bonds is 5. The van der Waals surface area contributed by atoms with E-state index in [-0.39, 0.29) is 5.54 Å². The van der Waals surface area contributed by atoms with Gasteiger partial charge in [0.05, 0.1) is 12.8 Å². The Hall–Kier alpha value is -0.800. The molecule has 1 aromatic heterocycles. The molecular weight excluding hydrogens is 248 g/mol. The normalized spacial score (nSPS) is 29.8. The van der Waals surface area contributed by atoms with Gasteiger partial charge in [-0.2, -0.15) is 0 Å². The molecular formula is C17H30N2O. The van der Waals surface area contributed by atoms with E-state index in [2.05, 4.69) is 38.7 Å². The van der Waals surface area contributed by atoms with Crippen LogP contribution in [0, 0.1) is 11.3 Å². The Morgan fingerprint density at radius 1 is 1.40 bits per heavy atom. The highest BCUT2D eigenvalue weighted by Gasteiger charge is 2.46. The van der Waals surface area contributed by atoms with E-state index in [0.29, 0.717) is 11.3 Å². The smallest absolute Gasteiger partial charge is 0.117 e. The molecule has 0 aliphatic heterocycles. The fourth-order valence-electron chi connectivity index (χ4n) is 4.00. The molecule has 3 nitrogen and oxygen atoms in total. The summed E-state index contributed by atoms with van der Waals surface area (Å²) in [4.78, 5) is 2.53. The third-order valence-corrected chi connectivity index (χ3v) is 5.30. The SMILES string of the molecule is CCN(Cc1ccco1)C1(CN)CCC(C)(C)CC1C. The summed E-state index contributed by atoms with van der Waals surface area (Å²) in [5.74, 6) is 1.66. The lowest BCUT2D eigenvalue weighted by molar-refractivity contribution is -0.0275. The van der Waals surface area contributed by atoms with Crippen molar-refractivity contribution < 1.29 is 4.42 Å². The highest BCUT2D eigenvalue weighted by Crippen LogP contribution is 2.46. The first-order valence-electron chi connectivity index (χ1n) is 7.91. The van der Waals surface area contributed by atoms with Crippen molar-refractivity contribution in [3.05, 3.63) is 24.2 Å². The van der Waals surface area contributed by atoms with Crippen LogP contribution in [0.2, 0.25) is 0 Å². The zero-order valence-corrected chi connectivity index (χ0v) is 13.5.